The Hall–Kier alpha value is -3.34. The molecule has 0 fully saturated rings. The minimum absolute atomic E-state index is 0.400. The highest BCUT2D eigenvalue weighted by Crippen LogP contribution is 2.56. The van der Waals surface area contributed by atoms with Gasteiger partial charge in [-0.3, -0.25) is 0 Å². The van der Waals surface area contributed by atoms with Gasteiger partial charge in [0.2, 0.25) is 0 Å². The van der Waals surface area contributed by atoms with E-state index in [1.54, 1.807) is 48.5 Å². The zero-order chi connectivity index (χ0) is 18.6. The van der Waals surface area contributed by atoms with E-state index in [1.807, 2.05) is 12.1 Å². The Balaban J connectivity index is 1.86. The molecule has 3 aromatic rings. The molecule has 0 N–H and O–H groups in total. The van der Waals surface area contributed by atoms with E-state index in [1.165, 1.54) is 0 Å². The Morgan fingerprint density at radius 1 is 0.778 bits per heavy atom. The van der Waals surface area contributed by atoms with Crippen LogP contribution in [0.2, 0.25) is 0 Å². The molecule has 1 spiro atoms. The highest BCUT2D eigenvalue weighted by Gasteiger charge is 2.53. The first-order valence-electron chi connectivity index (χ1n) is 8.20. The Morgan fingerprint density at radius 3 is 1.96 bits per heavy atom. The summed E-state index contributed by atoms with van der Waals surface area (Å²) < 4.78 is 21.7. The molecule has 0 aromatic heterocycles. The highest BCUT2D eigenvalue weighted by atomic mass is 16.6. The van der Waals surface area contributed by atoms with Gasteiger partial charge in [0.15, 0.2) is 5.60 Å². The molecule has 5 nitrogen and oxygen atoms in total. The number of hydrogen-bond donors (Lipinski definition) is 0. The molecule has 0 bridgehead atoms. The maximum atomic E-state index is 12.7. The summed E-state index contributed by atoms with van der Waals surface area (Å²) in [5.74, 6) is 1.35. The lowest BCUT2D eigenvalue weighted by atomic mass is 9.77. The van der Waals surface area contributed by atoms with Crippen molar-refractivity contribution in [3.63, 3.8) is 0 Å². The third kappa shape index (κ3) is 2.05. The van der Waals surface area contributed by atoms with Crippen LogP contribution in [0, 0.1) is 0 Å². The number of carbonyl (C=O) groups excluding carboxylic acids is 1. The van der Waals surface area contributed by atoms with Gasteiger partial charge in [0.05, 0.1) is 5.56 Å². The number of carbonyl (C=O) groups is 1. The van der Waals surface area contributed by atoms with Gasteiger partial charge in [-0.25, -0.2) is 4.79 Å². The van der Waals surface area contributed by atoms with Crippen molar-refractivity contribution in [3.8, 4) is 23.0 Å². The molecule has 0 aliphatic carbocycles. The summed E-state index contributed by atoms with van der Waals surface area (Å²) >= 11 is 0. The predicted molar refractivity (Wildman–Crippen MR) is 97.5 cm³/mol. The molecule has 4 radical (unpaired) electrons. The summed E-state index contributed by atoms with van der Waals surface area (Å²) in [5.41, 5.74) is 1.46. The smallest absolute Gasteiger partial charge is 0.374 e. The molecule has 5 rings (SSSR count). The van der Waals surface area contributed by atoms with E-state index in [0.29, 0.717) is 39.7 Å². The maximum Gasteiger partial charge on any atom is 0.374 e. The minimum atomic E-state index is -1.14. The standard InChI is InChI=1S/C20H10B2O5/c21-26-11-5-7-15-17(9-11)24-18-10-12(27-22)6-8-16(18)20(15)14-4-2-1-3-13(14)19(23)25-20/h1-10H. The van der Waals surface area contributed by atoms with Crippen LogP contribution in [0.4, 0.5) is 0 Å². The summed E-state index contributed by atoms with van der Waals surface area (Å²) in [6, 6.07) is 17.5. The number of rotatable bonds is 2. The number of fused-ring (bicyclic) bond motifs is 6. The van der Waals surface area contributed by atoms with Crippen LogP contribution in [-0.2, 0) is 10.3 Å². The Labute approximate surface area is 157 Å². The second-order valence-electron chi connectivity index (χ2n) is 6.27. The molecule has 0 atom stereocenters. The van der Waals surface area contributed by atoms with E-state index in [4.69, 9.17) is 34.9 Å². The third-order valence-corrected chi connectivity index (χ3v) is 4.93. The van der Waals surface area contributed by atoms with Gasteiger partial charge in [0, 0.05) is 28.8 Å². The van der Waals surface area contributed by atoms with E-state index < -0.39 is 11.6 Å². The van der Waals surface area contributed by atoms with Crippen molar-refractivity contribution in [2.45, 2.75) is 5.60 Å². The normalized spacial score (nSPS) is 15.2. The monoisotopic (exact) mass is 352 g/mol. The van der Waals surface area contributed by atoms with Crippen molar-refractivity contribution < 1.29 is 23.6 Å². The summed E-state index contributed by atoms with van der Waals surface area (Å²) in [4.78, 5) is 12.7. The lowest BCUT2D eigenvalue weighted by Crippen LogP contribution is -2.33. The first-order chi connectivity index (χ1) is 13.2. The van der Waals surface area contributed by atoms with Crippen molar-refractivity contribution in [2.75, 3.05) is 0 Å². The van der Waals surface area contributed by atoms with Crippen LogP contribution in [0.15, 0.2) is 60.7 Å². The van der Waals surface area contributed by atoms with Gasteiger partial charge < -0.3 is 18.8 Å². The van der Waals surface area contributed by atoms with Gasteiger partial charge >= 0.3 is 22.1 Å². The molecule has 3 aromatic carbocycles. The highest BCUT2D eigenvalue weighted by molar-refractivity contribution is 6.00. The summed E-state index contributed by atoms with van der Waals surface area (Å²) in [6.45, 7) is 0. The SMILES string of the molecule is [B]Oc1ccc2c(c1)Oc1cc(O[B])ccc1C21OC(=O)c2ccccc21. The molecule has 2 aliphatic rings. The molecule has 2 heterocycles. The van der Waals surface area contributed by atoms with Crippen LogP contribution in [0.3, 0.4) is 0 Å². The minimum Gasteiger partial charge on any atom is -0.568 e. The molecular formula is C20H10B2O5. The van der Waals surface area contributed by atoms with E-state index in [2.05, 4.69) is 0 Å². The van der Waals surface area contributed by atoms with E-state index >= 15 is 0 Å². The molecule has 27 heavy (non-hydrogen) atoms. The van der Waals surface area contributed by atoms with Gasteiger partial charge in [0.1, 0.15) is 23.0 Å². The maximum absolute atomic E-state index is 12.7. The lowest BCUT2D eigenvalue weighted by molar-refractivity contribution is 0.0224. The summed E-state index contributed by atoms with van der Waals surface area (Å²) in [7, 11) is 10.6. The Morgan fingerprint density at radius 2 is 1.37 bits per heavy atom. The molecule has 2 aliphatic heterocycles. The number of hydrogen-bond acceptors (Lipinski definition) is 5. The van der Waals surface area contributed by atoms with Crippen LogP contribution in [-0.4, -0.2) is 22.1 Å². The number of ether oxygens (including phenoxy) is 2. The van der Waals surface area contributed by atoms with Crippen molar-refractivity contribution in [2.24, 2.45) is 0 Å². The second kappa shape index (κ2) is 5.58. The Bertz CT molecular complexity index is 1040. The fraction of sp³-hybridized carbons (Fsp3) is 0.0500. The fourth-order valence-corrected chi connectivity index (χ4v) is 3.78. The van der Waals surface area contributed by atoms with Crippen LogP contribution in [0.5, 0.6) is 23.0 Å². The third-order valence-electron chi connectivity index (χ3n) is 4.93. The molecule has 7 heteroatoms. The van der Waals surface area contributed by atoms with Crippen molar-refractivity contribution in [3.05, 3.63) is 82.9 Å². The predicted octanol–water partition coefficient (Wildman–Crippen LogP) is 3.18. The first-order valence-corrected chi connectivity index (χ1v) is 8.20. The topological polar surface area (TPSA) is 54.0 Å². The van der Waals surface area contributed by atoms with E-state index in [9.17, 15) is 4.79 Å². The average molecular weight is 352 g/mol. The Kier molecular flexibility index (Phi) is 3.28. The fourth-order valence-electron chi connectivity index (χ4n) is 3.78. The average Bonchev–Trinajstić information content (AvgIpc) is 3.01. The number of esters is 1. The lowest BCUT2D eigenvalue weighted by Gasteiger charge is -2.36. The van der Waals surface area contributed by atoms with Gasteiger partial charge in [-0.2, -0.15) is 0 Å². The zero-order valence-corrected chi connectivity index (χ0v) is 14.0. The van der Waals surface area contributed by atoms with Crippen LogP contribution >= 0.6 is 0 Å². The van der Waals surface area contributed by atoms with Crippen molar-refractivity contribution in [1.29, 1.82) is 0 Å². The zero-order valence-electron chi connectivity index (χ0n) is 14.0. The molecule has 0 amide bonds. The van der Waals surface area contributed by atoms with E-state index in [0.717, 1.165) is 5.56 Å². The van der Waals surface area contributed by atoms with Crippen LogP contribution < -0.4 is 14.0 Å². The molecule has 0 saturated carbocycles. The van der Waals surface area contributed by atoms with Crippen molar-refractivity contribution in [1.82, 2.24) is 0 Å². The summed E-state index contributed by atoms with van der Waals surface area (Å²) in [5, 5.41) is 0. The second-order valence-corrected chi connectivity index (χ2v) is 6.27. The summed E-state index contributed by atoms with van der Waals surface area (Å²) in [6.07, 6.45) is 0. The molecular weight excluding hydrogens is 342 g/mol. The van der Waals surface area contributed by atoms with Gasteiger partial charge in [-0.1, -0.05) is 18.2 Å². The molecule has 0 saturated heterocycles. The van der Waals surface area contributed by atoms with Gasteiger partial charge in [0.25, 0.3) is 0 Å². The van der Waals surface area contributed by atoms with Crippen LogP contribution in [0.1, 0.15) is 27.0 Å². The molecule has 0 unspecified atom stereocenters. The first kappa shape index (κ1) is 15.9. The largest absolute Gasteiger partial charge is 0.568 e. The van der Waals surface area contributed by atoms with Gasteiger partial charge in [-0.15, -0.1) is 0 Å². The quantitative estimate of drug-likeness (QED) is 0.524. The number of benzene rings is 3. The van der Waals surface area contributed by atoms with Crippen molar-refractivity contribution >= 4 is 22.1 Å². The van der Waals surface area contributed by atoms with Crippen LogP contribution in [0.25, 0.3) is 0 Å². The van der Waals surface area contributed by atoms with E-state index in [-0.39, 0.29) is 0 Å². The van der Waals surface area contributed by atoms with Gasteiger partial charge in [-0.05, 0) is 30.3 Å². The molecule has 126 valence electrons.